The molecule has 1 unspecified atom stereocenters. The highest BCUT2D eigenvalue weighted by molar-refractivity contribution is 5.17. The Kier molecular flexibility index (Phi) is 3.46. The average Bonchev–Trinajstić information content (AvgIpc) is 2.66. The minimum Gasteiger partial charge on any atom is -0.272 e. The largest absolute Gasteiger partial charge is 0.272 e. The number of nitrogens with two attached hydrogens (primary N) is 1. The van der Waals surface area contributed by atoms with Crippen molar-refractivity contribution in [2.45, 2.75) is 19.4 Å². The van der Waals surface area contributed by atoms with E-state index in [2.05, 4.69) is 26.8 Å². The van der Waals surface area contributed by atoms with E-state index in [1.165, 1.54) is 0 Å². The Morgan fingerprint density at radius 2 is 2.29 bits per heavy atom. The lowest BCUT2D eigenvalue weighted by Crippen LogP contribution is -2.30. The maximum atomic E-state index is 5.58. The predicted octanol–water partition coefficient (Wildman–Crippen LogP) is 0.266. The van der Waals surface area contributed by atoms with Crippen LogP contribution in [-0.2, 0) is 13.5 Å². The van der Waals surface area contributed by atoms with E-state index in [1.54, 1.807) is 12.4 Å². The third-order valence-corrected chi connectivity index (χ3v) is 2.72. The van der Waals surface area contributed by atoms with Gasteiger partial charge in [0, 0.05) is 25.4 Å². The van der Waals surface area contributed by atoms with Crippen molar-refractivity contribution in [3.63, 3.8) is 0 Å². The fourth-order valence-electron chi connectivity index (χ4n) is 1.84. The maximum Gasteiger partial charge on any atom is 0.0596 e. The number of nitrogens with zero attached hydrogens (tertiary/aromatic N) is 4. The summed E-state index contributed by atoms with van der Waals surface area (Å²) in [6.07, 6.45) is 4.14. The second-order valence-corrected chi connectivity index (χ2v) is 4.00. The van der Waals surface area contributed by atoms with Gasteiger partial charge in [-0.2, -0.15) is 15.3 Å². The van der Waals surface area contributed by atoms with Crippen LogP contribution in [0.3, 0.4) is 0 Å². The van der Waals surface area contributed by atoms with Gasteiger partial charge in [0.1, 0.15) is 0 Å². The molecule has 0 aliphatic rings. The number of hydrazine groups is 1. The fraction of sp³-hybridized carbons (Fsp3) is 0.364. The number of rotatable bonds is 4. The van der Waals surface area contributed by atoms with Crippen molar-refractivity contribution < 1.29 is 0 Å². The van der Waals surface area contributed by atoms with Crippen molar-refractivity contribution in [3.05, 3.63) is 41.5 Å². The fourth-order valence-corrected chi connectivity index (χ4v) is 1.84. The van der Waals surface area contributed by atoms with Gasteiger partial charge >= 0.3 is 0 Å². The topological polar surface area (TPSA) is 81.6 Å². The van der Waals surface area contributed by atoms with E-state index in [9.17, 15) is 0 Å². The van der Waals surface area contributed by atoms with Crippen molar-refractivity contribution in [2.75, 3.05) is 0 Å². The lowest BCUT2D eigenvalue weighted by molar-refractivity contribution is 0.527. The minimum atomic E-state index is 0.0142. The van der Waals surface area contributed by atoms with E-state index in [0.29, 0.717) is 0 Å². The quantitative estimate of drug-likeness (QED) is 0.584. The summed E-state index contributed by atoms with van der Waals surface area (Å²) >= 11 is 0. The number of hydrogen-bond acceptors (Lipinski definition) is 5. The summed E-state index contributed by atoms with van der Waals surface area (Å²) in [5.74, 6) is 5.58. The Bertz CT molecular complexity index is 478. The normalized spacial score (nSPS) is 12.6. The number of aromatic nitrogens is 4. The van der Waals surface area contributed by atoms with Gasteiger partial charge in [0.15, 0.2) is 0 Å². The zero-order valence-corrected chi connectivity index (χ0v) is 9.96. The first-order chi connectivity index (χ1) is 8.20. The monoisotopic (exact) mass is 232 g/mol. The summed E-state index contributed by atoms with van der Waals surface area (Å²) in [4.78, 5) is 0. The lowest BCUT2D eigenvalue weighted by atomic mass is 10.1. The average molecular weight is 232 g/mol. The van der Waals surface area contributed by atoms with Gasteiger partial charge in [-0.3, -0.25) is 16.0 Å². The van der Waals surface area contributed by atoms with Gasteiger partial charge in [-0.25, -0.2) is 0 Å². The summed E-state index contributed by atoms with van der Waals surface area (Å²) in [5, 5.41) is 11.9. The molecule has 2 rings (SSSR count). The molecule has 6 nitrogen and oxygen atoms in total. The van der Waals surface area contributed by atoms with Crippen LogP contribution in [-0.4, -0.2) is 20.0 Å². The van der Waals surface area contributed by atoms with Crippen LogP contribution in [0, 0.1) is 6.92 Å². The Labute approximate surface area is 99.8 Å². The third-order valence-electron chi connectivity index (χ3n) is 2.72. The summed E-state index contributed by atoms with van der Waals surface area (Å²) in [6, 6.07) is 3.97. The molecule has 2 aromatic rings. The van der Waals surface area contributed by atoms with Crippen LogP contribution in [0.5, 0.6) is 0 Å². The number of aryl methyl sites for hydroxylation is 2. The molecule has 2 aromatic heterocycles. The molecule has 0 amide bonds. The summed E-state index contributed by atoms with van der Waals surface area (Å²) in [5.41, 5.74) is 5.94. The first kappa shape index (κ1) is 11.7. The van der Waals surface area contributed by atoms with Crippen molar-refractivity contribution >= 4 is 0 Å². The van der Waals surface area contributed by atoms with Crippen LogP contribution >= 0.6 is 0 Å². The standard InChI is InChI=1S/C11H16N6/c1-8-5-10(17(2)16-8)6-11(15-12)9-3-4-13-14-7-9/h3-5,7,11,15H,6,12H2,1-2H3. The van der Waals surface area contributed by atoms with Crippen LogP contribution in [0.15, 0.2) is 24.5 Å². The van der Waals surface area contributed by atoms with E-state index in [-0.39, 0.29) is 6.04 Å². The molecule has 6 heteroatoms. The highest BCUT2D eigenvalue weighted by Gasteiger charge is 2.13. The predicted molar refractivity (Wildman–Crippen MR) is 63.7 cm³/mol. The van der Waals surface area contributed by atoms with E-state index in [1.807, 2.05) is 24.7 Å². The second kappa shape index (κ2) is 5.03. The van der Waals surface area contributed by atoms with Gasteiger partial charge in [-0.1, -0.05) is 0 Å². The van der Waals surface area contributed by atoms with Gasteiger partial charge in [0.05, 0.1) is 17.9 Å². The van der Waals surface area contributed by atoms with Crippen LogP contribution in [0.1, 0.15) is 23.0 Å². The molecule has 0 aliphatic carbocycles. The van der Waals surface area contributed by atoms with Crippen molar-refractivity contribution in [2.24, 2.45) is 12.9 Å². The molecular weight excluding hydrogens is 216 g/mol. The second-order valence-electron chi connectivity index (χ2n) is 4.00. The number of nitrogens with one attached hydrogen (secondary N) is 1. The molecule has 0 saturated carbocycles. The van der Waals surface area contributed by atoms with E-state index < -0.39 is 0 Å². The molecule has 0 aliphatic heterocycles. The summed E-state index contributed by atoms with van der Waals surface area (Å²) in [6.45, 7) is 1.97. The minimum absolute atomic E-state index is 0.0142. The molecule has 3 N–H and O–H groups in total. The molecular formula is C11H16N6. The first-order valence-electron chi connectivity index (χ1n) is 5.43. The molecule has 0 spiro atoms. The SMILES string of the molecule is Cc1cc(CC(NN)c2ccnnc2)n(C)n1. The Morgan fingerprint density at radius 3 is 2.82 bits per heavy atom. The smallest absolute Gasteiger partial charge is 0.0596 e. The van der Waals surface area contributed by atoms with E-state index in [4.69, 9.17) is 5.84 Å². The van der Waals surface area contributed by atoms with Crippen LogP contribution in [0.25, 0.3) is 0 Å². The molecule has 17 heavy (non-hydrogen) atoms. The summed E-state index contributed by atoms with van der Waals surface area (Å²) in [7, 11) is 1.93. The third kappa shape index (κ3) is 2.66. The Hall–Kier alpha value is -1.79. The zero-order valence-electron chi connectivity index (χ0n) is 9.96. The van der Waals surface area contributed by atoms with Gasteiger partial charge < -0.3 is 0 Å². The summed E-state index contributed by atoms with van der Waals surface area (Å²) < 4.78 is 1.87. The first-order valence-corrected chi connectivity index (χ1v) is 5.43. The molecule has 0 radical (unpaired) electrons. The van der Waals surface area contributed by atoms with Gasteiger partial charge in [-0.05, 0) is 24.6 Å². The van der Waals surface area contributed by atoms with Crippen molar-refractivity contribution in [1.82, 2.24) is 25.4 Å². The number of hydrogen-bond donors (Lipinski definition) is 2. The molecule has 0 saturated heterocycles. The van der Waals surface area contributed by atoms with Gasteiger partial charge in [0.25, 0.3) is 0 Å². The van der Waals surface area contributed by atoms with Crippen LogP contribution in [0.2, 0.25) is 0 Å². The van der Waals surface area contributed by atoms with E-state index >= 15 is 0 Å². The Morgan fingerprint density at radius 1 is 1.47 bits per heavy atom. The van der Waals surface area contributed by atoms with Crippen LogP contribution < -0.4 is 11.3 Å². The molecule has 0 bridgehead atoms. The van der Waals surface area contributed by atoms with Crippen LogP contribution in [0.4, 0.5) is 0 Å². The molecule has 1 atom stereocenters. The Balaban J connectivity index is 2.18. The van der Waals surface area contributed by atoms with E-state index in [0.717, 1.165) is 23.4 Å². The van der Waals surface area contributed by atoms with Crippen molar-refractivity contribution in [3.8, 4) is 0 Å². The highest BCUT2D eigenvalue weighted by atomic mass is 15.3. The van der Waals surface area contributed by atoms with Gasteiger partial charge in [0.2, 0.25) is 0 Å². The zero-order chi connectivity index (χ0) is 12.3. The molecule has 90 valence electrons. The van der Waals surface area contributed by atoms with Crippen molar-refractivity contribution in [1.29, 1.82) is 0 Å². The van der Waals surface area contributed by atoms with Gasteiger partial charge in [-0.15, -0.1) is 0 Å². The molecule has 2 heterocycles. The highest BCUT2D eigenvalue weighted by Crippen LogP contribution is 2.16. The molecule has 0 aromatic carbocycles. The maximum absolute atomic E-state index is 5.58. The molecule has 0 fully saturated rings. The lowest BCUT2D eigenvalue weighted by Gasteiger charge is -2.15.